The van der Waals surface area contributed by atoms with Crippen molar-refractivity contribution >= 4 is 39.3 Å². The number of ether oxygens (including phenoxy) is 2. The van der Waals surface area contributed by atoms with Gasteiger partial charge in [0.15, 0.2) is 11.5 Å². The van der Waals surface area contributed by atoms with Gasteiger partial charge >= 0.3 is 0 Å². The van der Waals surface area contributed by atoms with E-state index >= 15 is 0 Å². The van der Waals surface area contributed by atoms with Crippen LogP contribution >= 0.6 is 27.5 Å². The SMILES string of the molecule is CCOc1cc(CNCCNC(=O)c2nonc2N)cc(Br)c1OCc1cccc(Cl)c1. The second-order valence-electron chi connectivity index (χ2n) is 6.69. The number of nitrogens with zero attached hydrogens (tertiary/aromatic N) is 2. The summed E-state index contributed by atoms with van der Waals surface area (Å²) < 4.78 is 17.0. The Bertz CT molecular complexity index is 1060. The highest BCUT2D eigenvalue weighted by atomic mass is 79.9. The highest BCUT2D eigenvalue weighted by Gasteiger charge is 2.15. The third kappa shape index (κ3) is 6.59. The second-order valence-corrected chi connectivity index (χ2v) is 7.98. The molecule has 9 nitrogen and oxygen atoms in total. The Morgan fingerprint density at radius 3 is 2.75 bits per heavy atom. The number of anilines is 1. The quantitative estimate of drug-likeness (QED) is 0.325. The predicted octanol–water partition coefficient (Wildman–Crippen LogP) is 3.57. The van der Waals surface area contributed by atoms with Gasteiger partial charge < -0.3 is 25.8 Å². The average molecular weight is 525 g/mol. The van der Waals surface area contributed by atoms with Crippen LogP contribution in [-0.4, -0.2) is 35.9 Å². The first-order chi connectivity index (χ1) is 15.5. The van der Waals surface area contributed by atoms with Gasteiger partial charge in [0.25, 0.3) is 5.91 Å². The fraction of sp³-hybridized carbons (Fsp3) is 0.286. The zero-order chi connectivity index (χ0) is 22.9. The molecule has 4 N–H and O–H groups in total. The number of hydrogen-bond acceptors (Lipinski definition) is 8. The Labute approximate surface area is 198 Å². The van der Waals surface area contributed by atoms with Crippen LogP contribution < -0.4 is 25.8 Å². The maximum atomic E-state index is 11.9. The van der Waals surface area contributed by atoms with Gasteiger partial charge in [0.05, 0.1) is 11.1 Å². The lowest BCUT2D eigenvalue weighted by Gasteiger charge is -2.16. The minimum Gasteiger partial charge on any atom is -0.490 e. The Hall–Kier alpha value is -2.82. The Morgan fingerprint density at radius 1 is 1.19 bits per heavy atom. The molecule has 0 aliphatic heterocycles. The zero-order valence-electron chi connectivity index (χ0n) is 17.4. The summed E-state index contributed by atoms with van der Waals surface area (Å²) in [5.41, 5.74) is 7.43. The van der Waals surface area contributed by atoms with Crippen molar-refractivity contribution in [2.75, 3.05) is 25.4 Å². The highest BCUT2D eigenvalue weighted by molar-refractivity contribution is 9.10. The first kappa shape index (κ1) is 23.8. The van der Waals surface area contributed by atoms with Gasteiger partial charge in [-0.05, 0) is 68.6 Å². The van der Waals surface area contributed by atoms with Crippen LogP contribution in [0.1, 0.15) is 28.5 Å². The van der Waals surface area contributed by atoms with E-state index in [0.717, 1.165) is 15.6 Å². The Kier molecular flexibility index (Phi) is 8.72. The highest BCUT2D eigenvalue weighted by Crippen LogP contribution is 2.37. The number of carbonyl (C=O) groups is 1. The molecule has 3 rings (SSSR count). The number of nitrogens with one attached hydrogen (secondary N) is 2. The van der Waals surface area contributed by atoms with Crippen LogP contribution in [0.5, 0.6) is 11.5 Å². The second kappa shape index (κ2) is 11.7. The summed E-state index contributed by atoms with van der Waals surface area (Å²) in [5, 5.41) is 13.5. The van der Waals surface area contributed by atoms with E-state index < -0.39 is 5.91 Å². The molecule has 0 spiro atoms. The van der Waals surface area contributed by atoms with Crippen molar-refractivity contribution < 1.29 is 18.9 Å². The van der Waals surface area contributed by atoms with E-state index in [4.69, 9.17) is 26.8 Å². The lowest BCUT2D eigenvalue weighted by molar-refractivity contribution is 0.0944. The number of rotatable bonds is 11. The van der Waals surface area contributed by atoms with E-state index in [1.54, 1.807) is 0 Å². The fourth-order valence-electron chi connectivity index (χ4n) is 2.84. The molecule has 2 aromatic carbocycles. The first-order valence-electron chi connectivity index (χ1n) is 9.87. The molecule has 1 aromatic heterocycles. The summed E-state index contributed by atoms with van der Waals surface area (Å²) in [6, 6.07) is 11.4. The van der Waals surface area contributed by atoms with Crippen LogP contribution in [0.4, 0.5) is 5.82 Å². The summed E-state index contributed by atoms with van der Waals surface area (Å²) in [7, 11) is 0. The normalized spacial score (nSPS) is 10.7. The van der Waals surface area contributed by atoms with E-state index in [1.807, 2.05) is 43.3 Å². The van der Waals surface area contributed by atoms with Crippen molar-refractivity contribution in [2.24, 2.45) is 0 Å². The monoisotopic (exact) mass is 523 g/mol. The van der Waals surface area contributed by atoms with Gasteiger partial charge in [-0.15, -0.1) is 0 Å². The number of benzene rings is 2. The molecule has 0 saturated carbocycles. The van der Waals surface area contributed by atoms with Crippen LogP contribution in [0.2, 0.25) is 5.02 Å². The van der Waals surface area contributed by atoms with Crippen molar-refractivity contribution in [1.29, 1.82) is 0 Å². The largest absolute Gasteiger partial charge is 0.490 e. The number of aromatic nitrogens is 2. The molecule has 3 aromatic rings. The van der Waals surface area contributed by atoms with E-state index in [2.05, 4.69) is 41.5 Å². The van der Waals surface area contributed by atoms with Gasteiger partial charge in [-0.2, -0.15) is 0 Å². The van der Waals surface area contributed by atoms with Gasteiger partial charge in [0.2, 0.25) is 11.5 Å². The third-order valence-electron chi connectivity index (χ3n) is 4.29. The van der Waals surface area contributed by atoms with Crippen LogP contribution in [0.15, 0.2) is 45.5 Å². The molecule has 0 bridgehead atoms. The molecule has 1 amide bonds. The van der Waals surface area contributed by atoms with Gasteiger partial charge in [-0.1, -0.05) is 23.7 Å². The van der Waals surface area contributed by atoms with Crippen molar-refractivity contribution in [3.05, 3.63) is 62.7 Å². The molecule has 0 fully saturated rings. The maximum absolute atomic E-state index is 11.9. The molecule has 0 unspecified atom stereocenters. The summed E-state index contributed by atoms with van der Waals surface area (Å²) in [6.45, 7) is 4.26. The molecule has 170 valence electrons. The van der Waals surface area contributed by atoms with E-state index in [-0.39, 0.29) is 11.5 Å². The minimum atomic E-state index is -0.437. The minimum absolute atomic E-state index is 0.0244. The Balaban J connectivity index is 1.54. The molecule has 32 heavy (non-hydrogen) atoms. The average Bonchev–Trinajstić information content (AvgIpc) is 3.19. The van der Waals surface area contributed by atoms with Gasteiger partial charge in [0.1, 0.15) is 6.61 Å². The molecule has 11 heteroatoms. The van der Waals surface area contributed by atoms with Crippen molar-refractivity contribution in [1.82, 2.24) is 20.9 Å². The molecular formula is C21H23BrClN5O4. The number of carbonyl (C=O) groups excluding carboxylic acids is 1. The lowest BCUT2D eigenvalue weighted by Crippen LogP contribution is -2.32. The summed E-state index contributed by atoms with van der Waals surface area (Å²) in [5.74, 6) is 0.791. The number of halogens is 2. The molecule has 0 aliphatic carbocycles. The molecule has 0 aliphatic rings. The van der Waals surface area contributed by atoms with Crippen molar-refractivity contribution in [3.8, 4) is 11.5 Å². The van der Waals surface area contributed by atoms with Crippen LogP contribution in [0.25, 0.3) is 0 Å². The summed E-state index contributed by atoms with van der Waals surface area (Å²) in [4.78, 5) is 11.9. The summed E-state index contributed by atoms with van der Waals surface area (Å²) >= 11 is 9.62. The number of hydrogen-bond donors (Lipinski definition) is 3. The van der Waals surface area contributed by atoms with Crippen LogP contribution in [0, 0.1) is 0 Å². The molecule has 0 atom stereocenters. The smallest absolute Gasteiger partial charge is 0.277 e. The zero-order valence-corrected chi connectivity index (χ0v) is 19.7. The molecule has 0 radical (unpaired) electrons. The Morgan fingerprint density at radius 2 is 2.03 bits per heavy atom. The third-order valence-corrected chi connectivity index (χ3v) is 5.11. The number of nitrogens with two attached hydrogens (primary N) is 1. The van der Waals surface area contributed by atoms with Gasteiger partial charge in [0, 0.05) is 24.7 Å². The van der Waals surface area contributed by atoms with Crippen LogP contribution in [-0.2, 0) is 13.2 Å². The number of nitrogen functional groups attached to an aromatic ring is 1. The fourth-order valence-corrected chi connectivity index (χ4v) is 3.66. The van der Waals surface area contributed by atoms with Gasteiger partial charge in [-0.25, -0.2) is 4.63 Å². The lowest BCUT2D eigenvalue weighted by atomic mass is 10.2. The maximum Gasteiger partial charge on any atom is 0.277 e. The number of amides is 1. The molecule has 0 saturated heterocycles. The first-order valence-corrected chi connectivity index (χ1v) is 11.0. The summed E-state index contributed by atoms with van der Waals surface area (Å²) in [6.07, 6.45) is 0. The molecule has 1 heterocycles. The van der Waals surface area contributed by atoms with E-state index in [9.17, 15) is 4.79 Å². The standard InChI is InChI=1S/C21H23BrClN5O4/c1-2-30-17-10-14(11-25-6-7-26-21(29)18-20(24)28-32-27-18)9-16(22)19(17)31-12-13-4-3-5-15(23)8-13/h3-5,8-10,25H,2,6-7,11-12H2,1H3,(H2,24,28)(H,26,29). The van der Waals surface area contributed by atoms with E-state index in [0.29, 0.717) is 49.4 Å². The predicted molar refractivity (Wildman–Crippen MR) is 124 cm³/mol. The van der Waals surface area contributed by atoms with Gasteiger partial charge in [-0.3, -0.25) is 4.79 Å². The topological polar surface area (TPSA) is 125 Å². The molecular weight excluding hydrogens is 502 g/mol. The van der Waals surface area contributed by atoms with Crippen molar-refractivity contribution in [2.45, 2.75) is 20.1 Å². The van der Waals surface area contributed by atoms with Crippen molar-refractivity contribution in [3.63, 3.8) is 0 Å². The van der Waals surface area contributed by atoms with E-state index in [1.165, 1.54) is 0 Å². The van der Waals surface area contributed by atoms with Crippen LogP contribution in [0.3, 0.4) is 0 Å².